The Hall–Kier alpha value is -2.02. The molecule has 1 saturated heterocycles. The summed E-state index contributed by atoms with van der Waals surface area (Å²) in [5.74, 6) is 0.00239. The van der Waals surface area contributed by atoms with Gasteiger partial charge in [-0.3, -0.25) is 0 Å². The highest BCUT2D eigenvalue weighted by Crippen LogP contribution is 2.15. The fourth-order valence-electron chi connectivity index (χ4n) is 2.67. The molecule has 1 unspecified atom stereocenters. The molecule has 4 heteroatoms. The number of piperidine rings is 1. The first-order valence-electron chi connectivity index (χ1n) is 7.76. The number of nitrogens with zero attached hydrogens (tertiary/aromatic N) is 2. The summed E-state index contributed by atoms with van der Waals surface area (Å²) in [5.41, 5.74) is 1.34. The predicted octanol–water partition coefficient (Wildman–Crippen LogP) is 2.95. The summed E-state index contributed by atoms with van der Waals surface area (Å²) in [6.45, 7) is 2.06. The van der Waals surface area contributed by atoms with Crippen molar-refractivity contribution in [3.8, 4) is 6.07 Å². The molecular formula is C17H23N3O. The number of carbonyl (C=O) groups excluding carboxylic acids is 1. The zero-order chi connectivity index (χ0) is 14.9. The van der Waals surface area contributed by atoms with E-state index in [1.165, 1.54) is 5.56 Å². The normalized spacial score (nSPS) is 18.0. The molecule has 1 aromatic rings. The monoisotopic (exact) mass is 285 g/mol. The molecule has 1 aromatic carbocycles. The van der Waals surface area contributed by atoms with Crippen LogP contribution in [0.25, 0.3) is 0 Å². The van der Waals surface area contributed by atoms with Gasteiger partial charge in [-0.1, -0.05) is 30.3 Å². The second-order valence-electron chi connectivity index (χ2n) is 5.59. The quantitative estimate of drug-likeness (QED) is 0.846. The molecule has 0 saturated carbocycles. The first-order valence-corrected chi connectivity index (χ1v) is 7.76. The Kier molecular flexibility index (Phi) is 6.08. The van der Waals surface area contributed by atoms with Crippen LogP contribution in [0.1, 0.15) is 31.2 Å². The van der Waals surface area contributed by atoms with Gasteiger partial charge in [0.25, 0.3) is 0 Å². The molecule has 112 valence electrons. The Morgan fingerprint density at radius 1 is 1.33 bits per heavy atom. The summed E-state index contributed by atoms with van der Waals surface area (Å²) in [6.07, 6.45) is 4.95. The second kappa shape index (κ2) is 8.31. The molecule has 1 aliphatic rings. The topological polar surface area (TPSA) is 56.1 Å². The molecule has 0 spiro atoms. The summed E-state index contributed by atoms with van der Waals surface area (Å²) in [7, 11) is 0. The lowest BCUT2D eigenvalue weighted by Gasteiger charge is -2.29. The molecule has 4 nitrogen and oxygen atoms in total. The molecule has 2 amide bonds. The minimum absolute atomic E-state index is 0.00239. The van der Waals surface area contributed by atoms with E-state index in [0.29, 0.717) is 13.1 Å². The van der Waals surface area contributed by atoms with Crippen LogP contribution in [0.2, 0.25) is 0 Å². The van der Waals surface area contributed by atoms with Gasteiger partial charge in [-0.05, 0) is 37.7 Å². The van der Waals surface area contributed by atoms with Crippen molar-refractivity contribution in [3.63, 3.8) is 0 Å². The number of carbonyl (C=O) groups is 1. The average Bonchev–Trinajstić information content (AvgIpc) is 2.55. The Balaban J connectivity index is 1.60. The van der Waals surface area contributed by atoms with Gasteiger partial charge in [0.2, 0.25) is 0 Å². The molecule has 0 aliphatic carbocycles. The van der Waals surface area contributed by atoms with E-state index in [2.05, 4.69) is 35.7 Å². The summed E-state index contributed by atoms with van der Waals surface area (Å²) in [6, 6.07) is 12.6. The Morgan fingerprint density at radius 2 is 2.14 bits per heavy atom. The smallest absolute Gasteiger partial charge is 0.317 e. The van der Waals surface area contributed by atoms with Crippen LogP contribution >= 0.6 is 0 Å². The number of unbranched alkanes of at least 4 members (excludes halogenated alkanes) is 1. The molecule has 1 atom stereocenters. The maximum absolute atomic E-state index is 12.0. The Labute approximate surface area is 126 Å². The van der Waals surface area contributed by atoms with Crippen molar-refractivity contribution in [2.24, 2.45) is 5.92 Å². The molecule has 1 N–H and O–H groups in total. The van der Waals surface area contributed by atoms with Crippen molar-refractivity contribution < 1.29 is 4.79 Å². The van der Waals surface area contributed by atoms with Crippen molar-refractivity contribution in [2.45, 2.75) is 32.1 Å². The van der Waals surface area contributed by atoms with Gasteiger partial charge in [0.05, 0.1) is 12.0 Å². The van der Waals surface area contributed by atoms with Crippen LogP contribution in [-0.2, 0) is 6.42 Å². The molecule has 1 heterocycles. The molecule has 0 aromatic heterocycles. The highest BCUT2D eigenvalue weighted by atomic mass is 16.2. The van der Waals surface area contributed by atoms with Crippen LogP contribution < -0.4 is 5.32 Å². The zero-order valence-corrected chi connectivity index (χ0v) is 12.4. The maximum atomic E-state index is 12.0. The highest BCUT2D eigenvalue weighted by Gasteiger charge is 2.22. The Bertz CT molecular complexity index is 481. The number of aryl methyl sites for hydroxylation is 1. The van der Waals surface area contributed by atoms with Crippen LogP contribution in [-0.4, -0.2) is 30.6 Å². The molecule has 1 fully saturated rings. The van der Waals surface area contributed by atoms with Gasteiger partial charge < -0.3 is 10.2 Å². The van der Waals surface area contributed by atoms with Crippen molar-refractivity contribution >= 4 is 6.03 Å². The van der Waals surface area contributed by atoms with Gasteiger partial charge in [-0.25, -0.2) is 4.79 Å². The van der Waals surface area contributed by atoms with Gasteiger partial charge in [0.15, 0.2) is 0 Å². The van der Waals surface area contributed by atoms with Gasteiger partial charge in [-0.2, -0.15) is 5.26 Å². The number of hydrogen-bond donors (Lipinski definition) is 1. The van der Waals surface area contributed by atoms with E-state index >= 15 is 0 Å². The third-order valence-electron chi connectivity index (χ3n) is 3.90. The van der Waals surface area contributed by atoms with Crippen LogP contribution in [0.15, 0.2) is 30.3 Å². The second-order valence-corrected chi connectivity index (χ2v) is 5.59. The molecule has 0 radical (unpaired) electrons. The van der Waals surface area contributed by atoms with Crippen molar-refractivity contribution in [1.82, 2.24) is 10.2 Å². The van der Waals surface area contributed by atoms with E-state index in [1.807, 2.05) is 6.07 Å². The molecule has 21 heavy (non-hydrogen) atoms. The minimum Gasteiger partial charge on any atom is -0.338 e. The Morgan fingerprint density at radius 3 is 2.90 bits per heavy atom. The fourth-order valence-corrected chi connectivity index (χ4v) is 2.67. The summed E-state index contributed by atoms with van der Waals surface area (Å²) in [5, 5.41) is 11.9. The standard InChI is InChI=1S/C17H23N3O/c18-13-16-10-6-12-20(14-16)17(21)19-11-5-4-9-15-7-2-1-3-8-15/h1-3,7-8,16H,4-6,9-12,14H2,(H,19,21). The van der Waals surface area contributed by atoms with E-state index in [9.17, 15) is 4.79 Å². The largest absolute Gasteiger partial charge is 0.338 e. The number of nitrogens with one attached hydrogen (secondary N) is 1. The summed E-state index contributed by atoms with van der Waals surface area (Å²) >= 11 is 0. The molecular weight excluding hydrogens is 262 g/mol. The number of benzene rings is 1. The number of hydrogen-bond acceptors (Lipinski definition) is 2. The minimum atomic E-state index is -0.0188. The average molecular weight is 285 g/mol. The van der Waals surface area contributed by atoms with E-state index in [0.717, 1.165) is 38.6 Å². The van der Waals surface area contributed by atoms with Crippen LogP contribution in [0.5, 0.6) is 0 Å². The van der Waals surface area contributed by atoms with Crippen LogP contribution in [0, 0.1) is 17.2 Å². The van der Waals surface area contributed by atoms with Gasteiger partial charge in [0.1, 0.15) is 0 Å². The number of rotatable bonds is 5. The number of urea groups is 1. The van der Waals surface area contributed by atoms with E-state index in [1.54, 1.807) is 4.90 Å². The highest BCUT2D eigenvalue weighted by molar-refractivity contribution is 5.74. The van der Waals surface area contributed by atoms with E-state index in [-0.39, 0.29) is 11.9 Å². The summed E-state index contributed by atoms with van der Waals surface area (Å²) in [4.78, 5) is 13.8. The van der Waals surface area contributed by atoms with E-state index in [4.69, 9.17) is 5.26 Å². The van der Waals surface area contributed by atoms with Crippen molar-refractivity contribution in [3.05, 3.63) is 35.9 Å². The number of nitriles is 1. The lowest BCUT2D eigenvalue weighted by atomic mass is 10.0. The predicted molar refractivity (Wildman–Crippen MR) is 82.7 cm³/mol. The third-order valence-corrected chi connectivity index (χ3v) is 3.90. The van der Waals surface area contributed by atoms with Crippen molar-refractivity contribution in [2.75, 3.05) is 19.6 Å². The SMILES string of the molecule is N#CC1CCCN(C(=O)NCCCCc2ccccc2)C1. The zero-order valence-electron chi connectivity index (χ0n) is 12.4. The molecule has 2 rings (SSSR count). The number of likely N-dealkylation sites (tertiary alicyclic amines) is 1. The lowest BCUT2D eigenvalue weighted by Crippen LogP contribution is -2.45. The van der Waals surface area contributed by atoms with Crippen molar-refractivity contribution in [1.29, 1.82) is 5.26 Å². The molecule has 1 aliphatic heterocycles. The number of amides is 2. The van der Waals surface area contributed by atoms with E-state index < -0.39 is 0 Å². The van der Waals surface area contributed by atoms with Gasteiger partial charge in [0, 0.05) is 19.6 Å². The first-order chi connectivity index (χ1) is 10.3. The maximum Gasteiger partial charge on any atom is 0.317 e. The first kappa shape index (κ1) is 15.4. The van der Waals surface area contributed by atoms with Crippen LogP contribution in [0.4, 0.5) is 4.79 Å². The van der Waals surface area contributed by atoms with Gasteiger partial charge in [-0.15, -0.1) is 0 Å². The fraction of sp³-hybridized carbons (Fsp3) is 0.529. The molecule has 0 bridgehead atoms. The van der Waals surface area contributed by atoms with Crippen LogP contribution in [0.3, 0.4) is 0 Å². The lowest BCUT2D eigenvalue weighted by molar-refractivity contribution is 0.176. The van der Waals surface area contributed by atoms with Gasteiger partial charge >= 0.3 is 6.03 Å². The summed E-state index contributed by atoms with van der Waals surface area (Å²) < 4.78 is 0. The third kappa shape index (κ3) is 5.11.